The summed E-state index contributed by atoms with van der Waals surface area (Å²) in [7, 11) is 0. The summed E-state index contributed by atoms with van der Waals surface area (Å²) >= 11 is 0. The van der Waals surface area contributed by atoms with Crippen LogP contribution >= 0.6 is 0 Å². The van der Waals surface area contributed by atoms with Gasteiger partial charge in [-0.05, 0) is 36.2 Å². The minimum Gasteiger partial charge on any atom is -0.350 e. The third-order valence-electron chi connectivity index (χ3n) is 5.23. The molecule has 1 N–H and O–H groups in total. The van der Waals surface area contributed by atoms with Crippen molar-refractivity contribution in [3.05, 3.63) is 93.7 Å². The molecular weight excluding hydrogens is 435 g/mol. The van der Waals surface area contributed by atoms with Gasteiger partial charge in [0.15, 0.2) is 5.65 Å². The summed E-state index contributed by atoms with van der Waals surface area (Å²) in [4.78, 5) is 29.4. The van der Waals surface area contributed by atoms with Crippen molar-refractivity contribution in [1.29, 1.82) is 0 Å². The number of halogens is 3. The zero-order valence-corrected chi connectivity index (χ0v) is 17.6. The number of carbonyl (C=O) groups excluding carboxylic acids is 1. The first-order valence-corrected chi connectivity index (χ1v) is 10.1. The van der Waals surface area contributed by atoms with Crippen molar-refractivity contribution in [2.45, 2.75) is 26.2 Å². The summed E-state index contributed by atoms with van der Waals surface area (Å²) < 4.78 is 41.6. The second-order valence-electron chi connectivity index (χ2n) is 7.55. The summed E-state index contributed by atoms with van der Waals surface area (Å²) in [6.45, 7) is 2.37. The highest BCUT2D eigenvalue weighted by Crippen LogP contribution is 2.29. The third-order valence-corrected chi connectivity index (χ3v) is 5.23. The average molecular weight is 455 g/mol. The highest BCUT2D eigenvalue weighted by Gasteiger charge is 2.30. The van der Waals surface area contributed by atoms with E-state index < -0.39 is 17.3 Å². The first-order chi connectivity index (χ1) is 15.7. The predicted octanol–water partition coefficient (Wildman–Crippen LogP) is 3.40. The van der Waals surface area contributed by atoms with E-state index in [2.05, 4.69) is 15.4 Å². The largest absolute Gasteiger partial charge is 0.416 e. The van der Waals surface area contributed by atoms with Gasteiger partial charge in [0.2, 0.25) is 0 Å². The number of fused-ring (bicyclic) bond motifs is 1. The Balaban J connectivity index is 1.48. The van der Waals surface area contributed by atoms with Crippen LogP contribution in [0.2, 0.25) is 0 Å². The zero-order chi connectivity index (χ0) is 23.6. The van der Waals surface area contributed by atoms with Crippen LogP contribution in [0.5, 0.6) is 0 Å². The fourth-order valence-electron chi connectivity index (χ4n) is 3.51. The summed E-state index contributed by atoms with van der Waals surface area (Å²) in [6.07, 6.45) is -1.80. The van der Waals surface area contributed by atoms with Crippen LogP contribution < -0.4 is 10.9 Å². The molecule has 2 aromatic heterocycles. The quantitative estimate of drug-likeness (QED) is 0.483. The number of amides is 1. The van der Waals surface area contributed by atoms with Crippen molar-refractivity contribution >= 4 is 16.9 Å². The molecule has 0 saturated carbocycles. The van der Waals surface area contributed by atoms with Crippen LogP contribution in [0.3, 0.4) is 0 Å². The third kappa shape index (κ3) is 4.79. The molecular formula is C23H20F3N5O2. The van der Waals surface area contributed by atoms with E-state index in [1.807, 2.05) is 19.1 Å². The fourth-order valence-corrected chi connectivity index (χ4v) is 3.51. The Morgan fingerprint density at radius 1 is 1.12 bits per heavy atom. The lowest BCUT2D eigenvalue weighted by Crippen LogP contribution is -2.28. The Morgan fingerprint density at radius 2 is 1.91 bits per heavy atom. The SMILES string of the molecule is Cc1ccccc1C(=O)NCCn1ncc2c(=O)n(Cc3cccc(C(F)(F)F)c3)cnc21. The molecule has 2 aromatic carbocycles. The van der Waals surface area contributed by atoms with Crippen molar-refractivity contribution in [3.63, 3.8) is 0 Å². The molecule has 0 aliphatic carbocycles. The number of rotatable bonds is 6. The molecule has 0 aliphatic rings. The molecule has 1 amide bonds. The van der Waals surface area contributed by atoms with Gasteiger partial charge in [-0.3, -0.25) is 14.2 Å². The summed E-state index contributed by atoms with van der Waals surface area (Å²) in [5.74, 6) is -0.207. The summed E-state index contributed by atoms with van der Waals surface area (Å²) in [5, 5.41) is 7.24. The minimum atomic E-state index is -4.46. The lowest BCUT2D eigenvalue weighted by atomic mass is 10.1. The second-order valence-corrected chi connectivity index (χ2v) is 7.55. The van der Waals surface area contributed by atoms with Crippen LogP contribution in [0.25, 0.3) is 11.0 Å². The normalized spacial score (nSPS) is 11.6. The number of alkyl halides is 3. The Bertz CT molecular complexity index is 1370. The molecule has 0 atom stereocenters. The number of aromatic nitrogens is 4. The number of aryl methyl sites for hydroxylation is 1. The van der Waals surface area contributed by atoms with Gasteiger partial charge in [-0.15, -0.1) is 0 Å². The van der Waals surface area contributed by atoms with Gasteiger partial charge in [-0.1, -0.05) is 30.3 Å². The Kier molecular flexibility index (Phi) is 5.99. The van der Waals surface area contributed by atoms with Gasteiger partial charge in [0.05, 0.1) is 24.8 Å². The molecule has 0 unspecified atom stereocenters. The number of carbonyl (C=O) groups is 1. The molecule has 0 fully saturated rings. The van der Waals surface area contributed by atoms with E-state index in [-0.39, 0.29) is 24.4 Å². The summed E-state index contributed by atoms with van der Waals surface area (Å²) in [6, 6.07) is 12.1. The fraction of sp³-hybridized carbons (Fsp3) is 0.217. The van der Waals surface area contributed by atoms with E-state index in [1.165, 1.54) is 33.9 Å². The van der Waals surface area contributed by atoms with Crippen LogP contribution in [0.4, 0.5) is 13.2 Å². The monoisotopic (exact) mass is 455 g/mol. The van der Waals surface area contributed by atoms with Crippen LogP contribution in [-0.2, 0) is 19.3 Å². The molecule has 0 radical (unpaired) electrons. The number of hydrogen-bond acceptors (Lipinski definition) is 4. The maximum absolute atomic E-state index is 12.9. The molecule has 7 nitrogen and oxygen atoms in total. The molecule has 2 heterocycles. The van der Waals surface area contributed by atoms with E-state index in [0.29, 0.717) is 23.3 Å². The number of hydrogen-bond donors (Lipinski definition) is 1. The molecule has 0 aliphatic heterocycles. The first kappa shape index (κ1) is 22.3. The van der Waals surface area contributed by atoms with E-state index >= 15 is 0 Å². The Hall–Kier alpha value is -3.95. The van der Waals surface area contributed by atoms with Crippen molar-refractivity contribution in [1.82, 2.24) is 24.6 Å². The van der Waals surface area contributed by atoms with Gasteiger partial charge in [0.25, 0.3) is 11.5 Å². The van der Waals surface area contributed by atoms with Crippen molar-refractivity contribution in [3.8, 4) is 0 Å². The minimum absolute atomic E-state index is 0.0522. The van der Waals surface area contributed by atoms with E-state index in [9.17, 15) is 22.8 Å². The molecule has 0 spiro atoms. The molecule has 33 heavy (non-hydrogen) atoms. The average Bonchev–Trinajstić information content (AvgIpc) is 3.19. The Labute approximate surface area is 186 Å². The topological polar surface area (TPSA) is 81.8 Å². The zero-order valence-electron chi connectivity index (χ0n) is 17.6. The van der Waals surface area contributed by atoms with Gasteiger partial charge < -0.3 is 5.32 Å². The van der Waals surface area contributed by atoms with Crippen molar-refractivity contribution in [2.75, 3.05) is 6.54 Å². The molecule has 0 saturated heterocycles. The van der Waals surface area contributed by atoms with Crippen LogP contribution in [0, 0.1) is 6.92 Å². The molecule has 4 aromatic rings. The Morgan fingerprint density at radius 3 is 2.67 bits per heavy atom. The van der Waals surface area contributed by atoms with Gasteiger partial charge in [-0.25, -0.2) is 9.67 Å². The van der Waals surface area contributed by atoms with Crippen molar-refractivity contribution < 1.29 is 18.0 Å². The van der Waals surface area contributed by atoms with Gasteiger partial charge in [0, 0.05) is 12.1 Å². The van der Waals surface area contributed by atoms with Crippen molar-refractivity contribution in [2.24, 2.45) is 0 Å². The number of nitrogens with one attached hydrogen (secondary N) is 1. The van der Waals surface area contributed by atoms with Gasteiger partial charge in [-0.2, -0.15) is 18.3 Å². The molecule has 4 rings (SSSR count). The molecule has 10 heteroatoms. The maximum Gasteiger partial charge on any atom is 0.416 e. The van der Waals surface area contributed by atoms with Gasteiger partial charge in [0.1, 0.15) is 11.7 Å². The predicted molar refractivity (Wildman–Crippen MR) is 116 cm³/mol. The highest BCUT2D eigenvalue weighted by atomic mass is 19.4. The van der Waals surface area contributed by atoms with E-state index in [4.69, 9.17) is 0 Å². The maximum atomic E-state index is 12.9. The standard InChI is InChI=1S/C23H20F3N5O2/c1-15-5-2-3-8-18(15)21(32)27-9-10-31-20-19(12-29-31)22(33)30(14-28-20)13-16-6-4-7-17(11-16)23(24,25)26/h2-8,11-12,14H,9-10,13H2,1H3,(H,27,32). The lowest BCUT2D eigenvalue weighted by molar-refractivity contribution is -0.137. The van der Waals surface area contributed by atoms with E-state index in [1.54, 1.807) is 12.1 Å². The number of nitrogens with zero attached hydrogens (tertiary/aromatic N) is 4. The van der Waals surface area contributed by atoms with Crippen LogP contribution in [0.1, 0.15) is 27.0 Å². The van der Waals surface area contributed by atoms with Crippen LogP contribution in [0.15, 0.2) is 65.8 Å². The summed E-state index contributed by atoms with van der Waals surface area (Å²) in [5.41, 5.74) is 0.932. The smallest absolute Gasteiger partial charge is 0.350 e. The number of benzene rings is 2. The van der Waals surface area contributed by atoms with Crippen LogP contribution in [-0.4, -0.2) is 31.8 Å². The molecule has 0 bridgehead atoms. The lowest BCUT2D eigenvalue weighted by Gasteiger charge is -2.10. The van der Waals surface area contributed by atoms with Gasteiger partial charge >= 0.3 is 6.18 Å². The van der Waals surface area contributed by atoms with E-state index in [0.717, 1.165) is 17.7 Å². The first-order valence-electron chi connectivity index (χ1n) is 10.1. The molecule has 170 valence electrons. The second kappa shape index (κ2) is 8.89. The highest BCUT2D eigenvalue weighted by molar-refractivity contribution is 5.95.